The molecule has 4 nitrogen and oxygen atoms in total. The average Bonchev–Trinajstić information content (AvgIpc) is 2.82. The van der Waals surface area contributed by atoms with E-state index < -0.39 is 11.9 Å². The van der Waals surface area contributed by atoms with Crippen LogP contribution in [0.25, 0.3) is 0 Å². The Labute approximate surface area is 173 Å². The molecular formula is C25H28O4. The number of carbonyl (C=O) groups is 2. The van der Waals surface area contributed by atoms with Gasteiger partial charge in [-0.15, -0.1) is 0 Å². The smallest absolute Gasteiger partial charge is 0.343 e. The zero-order valence-electron chi connectivity index (χ0n) is 17.4. The van der Waals surface area contributed by atoms with Gasteiger partial charge in [0.1, 0.15) is 12.4 Å². The van der Waals surface area contributed by atoms with Crippen LogP contribution < -0.4 is 4.74 Å². The van der Waals surface area contributed by atoms with E-state index in [1.54, 1.807) is 48.5 Å². The molecule has 0 aromatic heterocycles. The first kappa shape index (κ1) is 23.6. The molecule has 0 radical (unpaired) electrons. The summed E-state index contributed by atoms with van der Waals surface area (Å²) in [5.41, 5.74) is 1.79. The van der Waals surface area contributed by atoms with Gasteiger partial charge in [-0.05, 0) is 42.0 Å². The van der Waals surface area contributed by atoms with Gasteiger partial charge >= 0.3 is 11.9 Å². The lowest BCUT2D eigenvalue weighted by Gasteiger charge is -2.07. The summed E-state index contributed by atoms with van der Waals surface area (Å²) >= 11 is 0. The van der Waals surface area contributed by atoms with Gasteiger partial charge in [-0.3, -0.25) is 0 Å². The first-order valence-corrected chi connectivity index (χ1v) is 9.81. The second-order valence-corrected chi connectivity index (χ2v) is 5.34. The number of hydrogen-bond donors (Lipinski definition) is 0. The van der Waals surface area contributed by atoms with E-state index >= 15 is 0 Å². The number of esters is 2. The maximum absolute atomic E-state index is 12.0. The zero-order valence-corrected chi connectivity index (χ0v) is 17.4. The molecule has 0 saturated heterocycles. The van der Waals surface area contributed by atoms with E-state index in [1.807, 2.05) is 64.1 Å². The van der Waals surface area contributed by atoms with Crippen molar-refractivity contribution in [1.82, 2.24) is 0 Å². The van der Waals surface area contributed by atoms with E-state index in [0.29, 0.717) is 16.9 Å². The van der Waals surface area contributed by atoms with Crippen molar-refractivity contribution < 1.29 is 19.1 Å². The van der Waals surface area contributed by atoms with Crippen molar-refractivity contribution in [2.75, 3.05) is 0 Å². The van der Waals surface area contributed by atoms with Gasteiger partial charge in [-0.2, -0.15) is 0 Å². The molecule has 0 aliphatic heterocycles. The molecule has 152 valence electrons. The summed E-state index contributed by atoms with van der Waals surface area (Å²) in [5, 5.41) is 0. The maximum Gasteiger partial charge on any atom is 0.343 e. The molecule has 0 aliphatic rings. The fourth-order valence-corrected chi connectivity index (χ4v) is 2.21. The van der Waals surface area contributed by atoms with E-state index in [9.17, 15) is 9.59 Å². The van der Waals surface area contributed by atoms with Crippen LogP contribution in [0.3, 0.4) is 0 Å². The van der Waals surface area contributed by atoms with Crippen molar-refractivity contribution >= 4 is 11.9 Å². The third-order valence-electron chi connectivity index (χ3n) is 3.52. The fourth-order valence-electron chi connectivity index (χ4n) is 2.21. The lowest BCUT2D eigenvalue weighted by Crippen LogP contribution is -2.09. The highest BCUT2D eigenvalue weighted by molar-refractivity contribution is 5.92. The van der Waals surface area contributed by atoms with Gasteiger partial charge in [0.25, 0.3) is 0 Å². The number of hydrogen-bond acceptors (Lipinski definition) is 4. The predicted molar refractivity (Wildman–Crippen MR) is 116 cm³/mol. The quantitative estimate of drug-likeness (QED) is 0.377. The van der Waals surface area contributed by atoms with Gasteiger partial charge < -0.3 is 9.47 Å². The van der Waals surface area contributed by atoms with E-state index in [1.165, 1.54) is 0 Å². The van der Waals surface area contributed by atoms with Crippen LogP contribution in [0.15, 0.2) is 84.9 Å². The molecule has 4 heteroatoms. The van der Waals surface area contributed by atoms with Crippen LogP contribution in [0.4, 0.5) is 0 Å². The second kappa shape index (κ2) is 13.7. The highest BCUT2D eigenvalue weighted by Gasteiger charge is 2.10. The van der Waals surface area contributed by atoms with E-state index in [-0.39, 0.29) is 6.61 Å². The SMILES string of the molecule is CC.CC.O=C(OCc1ccccc1)c1ccc(OC(=O)c2ccccc2)cc1. The summed E-state index contributed by atoms with van der Waals surface area (Å²) in [7, 11) is 0. The molecule has 0 N–H and O–H groups in total. The van der Waals surface area contributed by atoms with Gasteiger partial charge in [0.2, 0.25) is 0 Å². The minimum Gasteiger partial charge on any atom is -0.457 e. The molecule has 0 spiro atoms. The van der Waals surface area contributed by atoms with Crippen LogP contribution in [0.5, 0.6) is 5.75 Å². The minimum atomic E-state index is -0.444. The van der Waals surface area contributed by atoms with Gasteiger partial charge in [0.15, 0.2) is 0 Å². The Kier molecular flexibility index (Phi) is 11.2. The molecule has 0 saturated carbocycles. The normalized spacial score (nSPS) is 9.10. The Morgan fingerprint density at radius 2 is 1.10 bits per heavy atom. The molecule has 29 heavy (non-hydrogen) atoms. The van der Waals surface area contributed by atoms with E-state index in [0.717, 1.165) is 5.56 Å². The van der Waals surface area contributed by atoms with Gasteiger partial charge in [-0.1, -0.05) is 76.2 Å². The largest absolute Gasteiger partial charge is 0.457 e. The van der Waals surface area contributed by atoms with Crippen LogP contribution in [-0.2, 0) is 11.3 Å². The third-order valence-corrected chi connectivity index (χ3v) is 3.52. The average molecular weight is 392 g/mol. The van der Waals surface area contributed by atoms with E-state index in [2.05, 4.69) is 0 Å². The Bertz CT molecular complexity index is 841. The molecule has 0 amide bonds. The van der Waals surface area contributed by atoms with Crippen molar-refractivity contribution in [2.24, 2.45) is 0 Å². The number of rotatable bonds is 5. The molecule has 0 heterocycles. The summed E-state index contributed by atoms with van der Waals surface area (Å²) in [6, 6.07) is 24.5. The number of carbonyl (C=O) groups excluding carboxylic acids is 2. The molecule has 3 rings (SSSR count). The van der Waals surface area contributed by atoms with Gasteiger partial charge in [0.05, 0.1) is 11.1 Å². The Morgan fingerprint density at radius 3 is 1.66 bits per heavy atom. The summed E-state index contributed by atoms with van der Waals surface area (Å²) in [6.07, 6.45) is 0. The molecule has 3 aromatic carbocycles. The van der Waals surface area contributed by atoms with Crippen molar-refractivity contribution in [1.29, 1.82) is 0 Å². The fraction of sp³-hybridized carbons (Fsp3) is 0.200. The molecule has 0 unspecified atom stereocenters. The number of ether oxygens (including phenoxy) is 2. The zero-order chi connectivity index (χ0) is 21.5. The van der Waals surface area contributed by atoms with Crippen molar-refractivity contribution in [2.45, 2.75) is 34.3 Å². The molecule has 3 aromatic rings. The van der Waals surface area contributed by atoms with Crippen molar-refractivity contribution in [3.63, 3.8) is 0 Å². The standard InChI is InChI=1S/C21H16O4.2C2H6/c22-20(24-15-16-7-3-1-4-8-16)18-11-13-19(14-12-18)25-21(23)17-9-5-2-6-10-17;2*1-2/h1-14H,15H2;2*1-2H3. The Morgan fingerprint density at radius 1 is 0.621 bits per heavy atom. The van der Waals surface area contributed by atoms with Crippen LogP contribution in [0.2, 0.25) is 0 Å². The summed E-state index contributed by atoms with van der Waals surface area (Å²) < 4.78 is 10.5. The van der Waals surface area contributed by atoms with Crippen molar-refractivity contribution in [3.05, 3.63) is 102 Å². The van der Waals surface area contributed by atoms with Crippen LogP contribution >= 0.6 is 0 Å². The van der Waals surface area contributed by atoms with Crippen LogP contribution in [-0.4, -0.2) is 11.9 Å². The second-order valence-electron chi connectivity index (χ2n) is 5.34. The van der Waals surface area contributed by atoms with Gasteiger partial charge in [-0.25, -0.2) is 9.59 Å². The molecule has 0 aliphatic carbocycles. The molecule has 0 fully saturated rings. The highest BCUT2D eigenvalue weighted by Crippen LogP contribution is 2.15. The lowest BCUT2D eigenvalue weighted by molar-refractivity contribution is 0.0472. The Hall–Kier alpha value is -3.40. The third kappa shape index (κ3) is 8.01. The topological polar surface area (TPSA) is 52.6 Å². The van der Waals surface area contributed by atoms with Crippen molar-refractivity contribution in [3.8, 4) is 5.75 Å². The summed E-state index contributed by atoms with van der Waals surface area (Å²) in [4.78, 5) is 24.0. The van der Waals surface area contributed by atoms with Crippen LogP contribution in [0.1, 0.15) is 54.0 Å². The Balaban J connectivity index is 0.000000989. The maximum atomic E-state index is 12.0. The lowest BCUT2D eigenvalue weighted by atomic mass is 10.2. The predicted octanol–water partition coefficient (Wildman–Crippen LogP) is 6.32. The summed E-state index contributed by atoms with van der Waals surface area (Å²) in [6.45, 7) is 8.21. The number of benzene rings is 3. The molecule has 0 atom stereocenters. The first-order valence-electron chi connectivity index (χ1n) is 9.81. The monoisotopic (exact) mass is 392 g/mol. The summed E-state index contributed by atoms with van der Waals surface area (Å²) in [5.74, 6) is -0.502. The molecular weight excluding hydrogens is 364 g/mol. The minimum absolute atomic E-state index is 0.213. The van der Waals surface area contributed by atoms with Crippen LogP contribution in [0, 0.1) is 0 Å². The first-order chi connectivity index (χ1) is 14.2. The molecule has 0 bridgehead atoms. The van der Waals surface area contributed by atoms with Gasteiger partial charge in [0, 0.05) is 0 Å². The van der Waals surface area contributed by atoms with E-state index in [4.69, 9.17) is 9.47 Å². The highest BCUT2D eigenvalue weighted by atomic mass is 16.5.